The average molecular weight is 449 g/mol. The van der Waals surface area contributed by atoms with E-state index >= 15 is 0 Å². The lowest BCUT2D eigenvalue weighted by Gasteiger charge is -2.06. The molecule has 0 saturated heterocycles. The van der Waals surface area contributed by atoms with Crippen molar-refractivity contribution in [2.45, 2.75) is 9.67 Å². The molecule has 0 atom stereocenters. The van der Waals surface area contributed by atoms with Crippen molar-refractivity contribution in [1.82, 2.24) is 15.0 Å². The summed E-state index contributed by atoms with van der Waals surface area (Å²) in [7, 11) is 0. The first-order valence-electron chi connectivity index (χ1n) is 8.43. The van der Waals surface area contributed by atoms with Crippen molar-refractivity contribution < 1.29 is 0 Å². The summed E-state index contributed by atoms with van der Waals surface area (Å²) >= 11 is 20.5. The molecule has 0 aliphatic heterocycles. The zero-order chi connectivity index (χ0) is 19.7. The molecule has 7 heteroatoms. The Morgan fingerprint density at radius 3 is 1.43 bits per heavy atom. The lowest BCUT2D eigenvalue weighted by atomic mass is 10.0. The van der Waals surface area contributed by atoms with Gasteiger partial charge in [0.05, 0.1) is 0 Å². The summed E-state index contributed by atoms with van der Waals surface area (Å²) in [5.41, 5.74) is 1.49. The number of benzene rings is 2. The number of nitrogens with zero attached hydrogens (tertiary/aromatic N) is 3. The first-order valence-corrected chi connectivity index (χ1v) is 10.2. The molecule has 0 aliphatic carbocycles. The van der Waals surface area contributed by atoms with Crippen LogP contribution in [0.3, 0.4) is 0 Å². The molecule has 0 amide bonds. The maximum atomic E-state index is 5.11. The van der Waals surface area contributed by atoms with Crippen molar-refractivity contribution in [3.63, 3.8) is 0 Å². The third-order valence-corrected chi connectivity index (χ3v) is 5.85. The molecule has 0 aliphatic rings. The second kappa shape index (κ2) is 8.22. The Balaban J connectivity index is 0.000000283. The SMILES string of the molecule is ClC(Cl)C(Cl)Cl.c1ccc2c(c1)cnc1nc3ncc4ccccc4c3cc12. The number of hydrogen-bond acceptors (Lipinski definition) is 3. The monoisotopic (exact) mass is 447 g/mol. The molecule has 0 radical (unpaired) electrons. The third kappa shape index (κ3) is 3.81. The minimum atomic E-state index is -0.673. The summed E-state index contributed by atoms with van der Waals surface area (Å²) in [6.45, 7) is 0. The second-order valence-corrected chi connectivity index (χ2v) is 8.42. The fourth-order valence-corrected chi connectivity index (χ4v) is 3.06. The summed E-state index contributed by atoms with van der Waals surface area (Å²) in [6, 6.07) is 18.7. The molecule has 0 spiro atoms. The lowest BCUT2D eigenvalue weighted by Crippen LogP contribution is -1.96. The van der Waals surface area contributed by atoms with Crippen LogP contribution in [0.15, 0.2) is 67.0 Å². The largest absolute Gasteiger partial charge is 0.236 e. The molecular weight excluding hydrogens is 436 g/mol. The van der Waals surface area contributed by atoms with Crippen LogP contribution in [0.2, 0.25) is 0 Å². The van der Waals surface area contributed by atoms with E-state index in [-0.39, 0.29) is 0 Å². The molecule has 0 bridgehead atoms. The predicted octanol–water partition coefficient (Wildman–Crippen LogP) is 7.08. The van der Waals surface area contributed by atoms with E-state index in [0.717, 1.165) is 32.8 Å². The highest BCUT2D eigenvalue weighted by Gasteiger charge is 2.08. The van der Waals surface area contributed by atoms with Crippen molar-refractivity contribution in [3.05, 3.63) is 67.0 Å². The van der Waals surface area contributed by atoms with Crippen LogP contribution in [-0.4, -0.2) is 24.6 Å². The number of aromatic nitrogens is 3. The molecule has 2 aromatic carbocycles. The molecule has 28 heavy (non-hydrogen) atoms. The number of fused-ring (bicyclic) bond motifs is 6. The van der Waals surface area contributed by atoms with Gasteiger partial charge in [0.1, 0.15) is 9.67 Å². The average Bonchev–Trinajstić information content (AvgIpc) is 2.72. The molecular formula is C21H13Cl4N3. The second-order valence-electron chi connectivity index (χ2n) is 6.09. The zero-order valence-corrected chi connectivity index (χ0v) is 17.4. The first kappa shape index (κ1) is 19.4. The molecule has 0 unspecified atom stereocenters. The van der Waals surface area contributed by atoms with Gasteiger partial charge in [-0.25, -0.2) is 15.0 Å². The van der Waals surface area contributed by atoms with Crippen LogP contribution in [0.5, 0.6) is 0 Å². The van der Waals surface area contributed by atoms with E-state index in [1.54, 1.807) is 0 Å². The van der Waals surface area contributed by atoms with Crippen LogP contribution in [-0.2, 0) is 0 Å². The van der Waals surface area contributed by atoms with E-state index in [0.29, 0.717) is 0 Å². The number of pyridine rings is 3. The molecule has 0 saturated carbocycles. The van der Waals surface area contributed by atoms with Crippen LogP contribution in [0.1, 0.15) is 0 Å². The number of rotatable bonds is 1. The zero-order valence-electron chi connectivity index (χ0n) is 14.4. The van der Waals surface area contributed by atoms with Crippen LogP contribution < -0.4 is 0 Å². The van der Waals surface area contributed by atoms with Gasteiger partial charge in [-0.05, 0) is 16.8 Å². The Hall–Kier alpha value is -1.91. The van der Waals surface area contributed by atoms with Gasteiger partial charge in [-0.3, -0.25) is 0 Å². The maximum absolute atomic E-state index is 5.11. The van der Waals surface area contributed by atoms with Gasteiger partial charge in [0.25, 0.3) is 0 Å². The minimum absolute atomic E-state index is 0.673. The van der Waals surface area contributed by atoms with Crippen molar-refractivity contribution in [1.29, 1.82) is 0 Å². The third-order valence-electron chi connectivity index (χ3n) is 4.33. The molecule has 3 heterocycles. The fraction of sp³-hybridized carbons (Fsp3) is 0.0952. The minimum Gasteiger partial charge on any atom is -0.236 e. The predicted molar refractivity (Wildman–Crippen MR) is 121 cm³/mol. The Bertz CT molecular complexity index is 1190. The highest BCUT2D eigenvalue weighted by molar-refractivity contribution is 6.56. The number of hydrogen-bond donors (Lipinski definition) is 0. The van der Waals surface area contributed by atoms with Crippen LogP contribution in [0.25, 0.3) is 43.6 Å². The Kier molecular flexibility index (Phi) is 5.70. The molecule has 5 rings (SSSR count). The van der Waals surface area contributed by atoms with Gasteiger partial charge in [-0.2, -0.15) is 0 Å². The van der Waals surface area contributed by atoms with Gasteiger partial charge >= 0.3 is 0 Å². The van der Waals surface area contributed by atoms with Crippen LogP contribution in [0.4, 0.5) is 0 Å². The smallest absolute Gasteiger partial charge is 0.162 e. The van der Waals surface area contributed by atoms with Crippen LogP contribution >= 0.6 is 46.4 Å². The summed E-state index contributed by atoms with van der Waals surface area (Å²) in [4.78, 5) is 12.3. The fourth-order valence-electron chi connectivity index (χ4n) is 3.06. The van der Waals surface area contributed by atoms with Crippen molar-refractivity contribution in [2.24, 2.45) is 0 Å². The number of halogens is 4. The van der Waals surface area contributed by atoms with E-state index in [2.05, 4.69) is 45.3 Å². The molecule has 3 nitrogen and oxygen atoms in total. The lowest BCUT2D eigenvalue weighted by molar-refractivity contribution is 1.29. The van der Waals surface area contributed by atoms with Crippen molar-refractivity contribution >= 4 is 90.0 Å². The molecule has 3 aromatic heterocycles. The van der Waals surface area contributed by atoms with Gasteiger partial charge in [-0.1, -0.05) is 48.5 Å². The highest BCUT2D eigenvalue weighted by Crippen LogP contribution is 2.28. The Morgan fingerprint density at radius 2 is 1.00 bits per heavy atom. The summed E-state index contributed by atoms with van der Waals surface area (Å²) in [6.07, 6.45) is 3.75. The van der Waals surface area contributed by atoms with Crippen molar-refractivity contribution in [3.8, 4) is 0 Å². The summed E-state index contributed by atoms with van der Waals surface area (Å²) in [5.74, 6) is 0. The van der Waals surface area contributed by atoms with E-state index in [1.165, 1.54) is 10.8 Å². The topological polar surface area (TPSA) is 38.7 Å². The normalized spacial score (nSPS) is 11.5. The van der Waals surface area contributed by atoms with Gasteiger partial charge in [0.15, 0.2) is 11.3 Å². The van der Waals surface area contributed by atoms with Crippen molar-refractivity contribution in [2.75, 3.05) is 0 Å². The van der Waals surface area contributed by atoms with Gasteiger partial charge < -0.3 is 0 Å². The maximum Gasteiger partial charge on any atom is 0.162 e. The first-order chi connectivity index (χ1) is 13.5. The summed E-state index contributed by atoms with van der Waals surface area (Å²) in [5, 5.41) is 6.76. The quantitative estimate of drug-likeness (QED) is 0.156. The summed E-state index contributed by atoms with van der Waals surface area (Å²) < 4.78 is 0. The standard InChI is InChI=1S/C19H11N3.C2H2Cl4/c1-3-7-14-12(5-1)10-20-18-16(14)9-17-15-8-4-2-6-13(15)11-21-19(17)22-18;3-1(4)2(5)6/h1-11H;1-2H. The molecule has 140 valence electrons. The number of alkyl halides is 4. The highest BCUT2D eigenvalue weighted by atomic mass is 35.5. The van der Waals surface area contributed by atoms with Crippen LogP contribution in [0, 0.1) is 0 Å². The molecule has 0 fully saturated rings. The van der Waals surface area contributed by atoms with Gasteiger partial charge in [-0.15, -0.1) is 46.4 Å². The van der Waals surface area contributed by atoms with E-state index < -0.39 is 9.67 Å². The van der Waals surface area contributed by atoms with Gasteiger partial charge in [0, 0.05) is 33.9 Å². The molecule has 0 N–H and O–H groups in total. The molecule has 5 aromatic rings. The Morgan fingerprint density at radius 1 is 0.571 bits per heavy atom. The van der Waals surface area contributed by atoms with Gasteiger partial charge in [0.2, 0.25) is 0 Å². The van der Waals surface area contributed by atoms with E-state index in [9.17, 15) is 0 Å². The Labute approximate surface area is 181 Å². The van der Waals surface area contributed by atoms with E-state index in [1.807, 2.05) is 36.7 Å². The van der Waals surface area contributed by atoms with E-state index in [4.69, 9.17) is 46.4 Å².